The van der Waals surface area contributed by atoms with Gasteiger partial charge in [0.1, 0.15) is 0 Å². The molecule has 1 amide bonds. The van der Waals surface area contributed by atoms with Gasteiger partial charge in [-0.2, -0.15) is 0 Å². The lowest BCUT2D eigenvalue weighted by atomic mass is 9.68. The SMILES string of the molecule is CN1C(=O)[C@H](c2ccc(C3CC3)cc2)[C@@](C)(C2C=CN=C(c3cccc(Cl)c3)C2)N=C1N. The fourth-order valence-electron chi connectivity index (χ4n) is 4.92. The molecule has 1 aliphatic carbocycles. The molecule has 3 aliphatic rings. The van der Waals surface area contributed by atoms with Crippen LogP contribution < -0.4 is 5.73 Å². The van der Waals surface area contributed by atoms with Crippen molar-refractivity contribution in [1.82, 2.24) is 4.90 Å². The number of aliphatic imine (C=N–C) groups is 2. The van der Waals surface area contributed by atoms with E-state index < -0.39 is 11.5 Å². The number of likely N-dealkylation sites (N-methyl/N-ethyl adjacent to an activating group) is 1. The molecular formula is C26H27ClN4O. The molecule has 1 unspecified atom stereocenters. The summed E-state index contributed by atoms with van der Waals surface area (Å²) in [5, 5.41) is 0.674. The molecule has 1 saturated carbocycles. The lowest BCUT2D eigenvalue weighted by Crippen LogP contribution is -2.56. The molecule has 3 atom stereocenters. The maximum Gasteiger partial charge on any atom is 0.239 e. The second-order valence-electron chi connectivity index (χ2n) is 9.21. The Hall–Kier alpha value is -2.92. The molecule has 0 aromatic heterocycles. The highest BCUT2D eigenvalue weighted by atomic mass is 35.5. The van der Waals surface area contributed by atoms with Gasteiger partial charge in [-0.25, -0.2) is 4.99 Å². The van der Waals surface area contributed by atoms with Gasteiger partial charge in [0.2, 0.25) is 5.91 Å². The molecule has 0 bridgehead atoms. The first kappa shape index (κ1) is 21.0. The smallest absolute Gasteiger partial charge is 0.239 e. The number of hydrogen-bond acceptors (Lipinski definition) is 4. The Balaban J connectivity index is 1.52. The lowest BCUT2D eigenvalue weighted by Gasteiger charge is -2.44. The fraction of sp³-hybridized carbons (Fsp3) is 0.346. The fourth-order valence-corrected chi connectivity index (χ4v) is 5.12. The van der Waals surface area contributed by atoms with E-state index in [1.807, 2.05) is 37.4 Å². The number of carbonyl (C=O) groups is 1. The highest BCUT2D eigenvalue weighted by molar-refractivity contribution is 6.31. The van der Waals surface area contributed by atoms with Gasteiger partial charge in [0.15, 0.2) is 5.96 Å². The molecule has 0 saturated heterocycles. The topological polar surface area (TPSA) is 71.0 Å². The van der Waals surface area contributed by atoms with Gasteiger partial charge >= 0.3 is 0 Å². The second-order valence-corrected chi connectivity index (χ2v) is 9.64. The molecule has 6 heteroatoms. The summed E-state index contributed by atoms with van der Waals surface area (Å²) in [6.45, 7) is 2.04. The van der Waals surface area contributed by atoms with E-state index in [1.165, 1.54) is 23.3 Å². The molecule has 5 rings (SSSR count). The summed E-state index contributed by atoms with van der Waals surface area (Å²) in [6, 6.07) is 16.2. The molecule has 32 heavy (non-hydrogen) atoms. The van der Waals surface area contributed by atoms with Gasteiger partial charge in [-0.05, 0) is 60.9 Å². The highest BCUT2D eigenvalue weighted by Crippen LogP contribution is 2.46. The van der Waals surface area contributed by atoms with E-state index in [-0.39, 0.29) is 17.8 Å². The van der Waals surface area contributed by atoms with Crippen molar-refractivity contribution >= 4 is 29.2 Å². The van der Waals surface area contributed by atoms with E-state index >= 15 is 0 Å². The van der Waals surface area contributed by atoms with Crippen LogP contribution in [0.2, 0.25) is 5.02 Å². The van der Waals surface area contributed by atoms with Gasteiger partial charge in [-0.15, -0.1) is 0 Å². The predicted octanol–water partition coefficient (Wildman–Crippen LogP) is 4.87. The van der Waals surface area contributed by atoms with Crippen molar-refractivity contribution in [2.45, 2.75) is 43.6 Å². The third kappa shape index (κ3) is 3.65. The Bertz CT molecular complexity index is 1150. The Morgan fingerprint density at radius 3 is 2.53 bits per heavy atom. The number of amides is 1. The average Bonchev–Trinajstić information content (AvgIpc) is 3.64. The molecule has 164 valence electrons. The van der Waals surface area contributed by atoms with E-state index in [4.69, 9.17) is 22.3 Å². The van der Waals surface area contributed by atoms with E-state index in [2.05, 4.69) is 35.3 Å². The summed E-state index contributed by atoms with van der Waals surface area (Å²) in [6.07, 6.45) is 7.02. The van der Waals surface area contributed by atoms with Crippen LogP contribution in [0.15, 0.2) is 70.8 Å². The molecule has 2 aliphatic heterocycles. The summed E-state index contributed by atoms with van der Waals surface area (Å²) in [5.74, 6) is 0.425. The molecule has 2 aromatic rings. The van der Waals surface area contributed by atoms with E-state index in [1.54, 1.807) is 7.05 Å². The van der Waals surface area contributed by atoms with E-state index in [0.717, 1.165) is 16.8 Å². The van der Waals surface area contributed by atoms with Crippen LogP contribution in [0, 0.1) is 5.92 Å². The summed E-state index contributed by atoms with van der Waals surface area (Å²) in [5.41, 5.74) is 9.73. The van der Waals surface area contributed by atoms with Gasteiger partial charge in [-0.1, -0.05) is 54.1 Å². The van der Waals surface area contributed by atoms with Crippen LogP contribution in [0.4, 0.5) is 0 Å². The zero-order chi connectivity index (χ0) is 22.5. The molecule has 2 aromatic carbocycles. The largest absolute Gasteiger partial charge is 0.369 e. The third-order valence-corrected chi connectivity index (χ3v) is 7.29. The van der Waals surface area contributed by atoms with E-state index in [0.29, 0.717) is 17.4 Å². The van der Waals surface area contributed by atoms with Crippen molar-refractivity contribution in [3.05, 3.63) is 82.5 Å². The van der Waals surface area contributed by atoms with Crippen LogP contribution in [-0.2, 0) is 4.79 Å². The monoisotopic (exact) mass is 446 g/mol. The van der Waals surface area contributed by atoms with E-state index in [9.17, 15) is 4.79 Å². The Kier molecular flexibility index (Phi) is 5.17. The first-order chi connectivity index (χ1) is 15.4. The third-order valence-electron chi connectivity index (χ3n) is 7.05. The van der Waals surface area contributed by atoms with Crippen molar-refractivity contribution in [2.24, 2.45) is 21.6 Å². The molecule has 0 spiro atoms. The van der Waals surface area contributed by atoms with Gasteiger partial charge in [0.05, 0.1) is 11.5 Å². The minimum Gasteiger partial charge on any atom is -0.369 e. The molecule has 2 heterocycles. The van der Waals surface area contributed by atoms with Crippen LogP contribution in [0.3, 0.4) is 0 Å². The number of carbonyl (C=O) groups excluding carboxylic acids is 1. The van der Waals surface area contributed by atoms with Crippen LogP contribution in [-0.4, -0.2) is 35.1 Å². The maximum atomic E-state index is 13.5. The maximum absolute atomic E-state index is 13.5. The van der Waals surface area contributed by atoms with Gasteiger partial charge in [-0.3, -0.25) is 14.7 Å². The first-order valence-electron chi connectivity index (χ1n) is 11.1. The summed E-state index contributed by atoms with van der Waals surface area (Å²) >= 11 is 6.21. The highest BCUT2D eigenvalue weighted by Gasteiger charge is 2.50. The first-order valence-corrected chi connectivity index (χ1v) is 11.5. The molecule has 0 radical (unpaired) electrons. The number of hydrogen-bond donors (Lipinski definition) is 1. The zero-order valence-corrected chi connectivity index (χ0v) is 19.1. The Morgan fingerprint density at radius 1 is 1.12 bits per heavy atom. The summed E-state index contributed by atoms with van der Waals surface area (Å²) < 4.78 is 0. The number of nitrogens with zero attached hydrogens (tertiary/aromatic N) is 3. The summed E-state index contributed by atoms with van der Waals surface area (Å²) in [7, 11) is 1.70. The number of benzene rings is 2. The molecule has 5 nitrogen and oxygen atoms in total. The van der Waals surface area contributed by atoms with Crippen LogP contribution in [0.5, 0.6) is 0 Å². The predicted molar refractivity (Wildman–Crippen MR) is 129 cm³/mol. The molecule has 2 N–H and O–H groups in total. The normalized spacial score (nSPS) is 27.8. The van der Waals surface area contributed by atoms with Gasteiger partial charge in [0.25, 0.3) is 0 Å². The van der Waals surface area contributed by atoms with Crippen LogP contribution in [0.25, 0.3) is 0 Å². The second kappa shape index (κ2) is 7.89. The number of halogens is 1. The van der Waals surface area contributed by atoms with Crippen molar-refractivity contribution < 1.29 is 4.79 Å². The number of nitrogens with two attached hydrogens (primary N) is 1. The quantitative estimate of drug-likeness (QED) is 0.727. The Morgan fingerprint density at radius 2 is 1.84 bits per heavy atom. The van der Waals surface area contributed by atoms with Gasteiger partial charge in [0, 0.05) is 29.9 Å². The van der Waals surface area contributed by atoms with Crippen molar-refractivity contribution in [2.75, 3.05) is 7.05 Å². The van der Waals surface area contributed by atoms with Crippen molar-refractivity contribution in [3.63, 3.8) is 0 Å². The minimum absolute atomic E-state index is 0.0283. The zero-order valence-electron chi connectivity index (χ0n) is 18.3. The van der Waals surface area contributed by atoms with Crippen LogP contribution >= 0.6 is 11.6 Å². The van der Waals surface area contributed by atoms with Crippen molar-refractivity contribution in [1.29, 1.82) is 0 Å². The number of rotatable bonds is 4. The number of guanidine groups is 1. The molecule has 1 fully saturated rings. The van der Waals surface area contributed by atoms with Crippen molar-refractivity contribution in [3.8, 4) is 0 Å². The lowest BCUT2D eigenvalue weighted by molar-refractivity contribution is -0.131. The van der Waals surface area contributed by atoms with Gasteiger partial charge < -0.3 is 5.73 Å². The Labute approximate surface area is 193 Å². The van der Waals surface area contributed by atoms with Crippen LogP contribution in [0.1, 0.15) is 54.7 Å². The molecular weight excluding hydrogens is 420 g/mol. The minimum atomic E-state index is -0.731. The average molecular weight is 447 g/mol. The summed E-state index contributed by atoms with van der Waals surface area (Å²) in [4.78, 5) is 24.5. The standard InChI is InChI=1S/C26H27ClN4O/c1-26(20-12-13-29-22(15-20)19-4-3-5-21(27)14-19)23(24(32)31(2)25(28)30-26)18-10-8-17(9-11-18)16-6-7-16/h3-5,8-14,16,20,23H,6-7,15H2,1-2H3,(H2,28,30)/t20?,23-,26+/m0/s1.